The summed E-state index contributed by atoms with van der Waals surface area (Å²) < 4.78 is 0. The van der Waals surface area contributed by atoms with E-state index in [0.29, 0.717) is 32.7 Å². The summed E-state index contributed by atoms with van der Waals surface area (Å²) in [7, 11) is 0. The molecule has 0 spiro atoms. The fraction of sp³-hybridized carbons (Fsp3) is 0.438. The Labute approximate surface area is 130 Å². The second kappa shape index (κ2) is 7.59. The number of para-hydroxylation sites is 1. The second-order valence-corrected chi connectivity index (χ2v) is 5.17. The number of anilines is 1. The summed E-state index contributed by atoms with van der Waals surface area (Å²) in [5.41, 5.74) is 0.800. The number of benzene rings is 1. The molecule has 1 aromatic rings. The summed E-state index contributed by atoms with van der Waals surface area (Å²) in [6, 6.07) is 9.33. The van der Waals surface area contributed by atoms with Gasteiger partial charge in [-0.3, -0.25) is 14.4 Å². The molecule has 22 heavy (non-hydrogen) atoms. The molecule has 3 amide bonds. The van der Waals surface area contributed by atoms with E-state index in [9.17, 15) is 14.4 Å². The van der Waals surface area contributed by atoms with E-state index in [0.717, 1.165) is 12.1 Å². The summed E-state index contributed by atoms with van der Waals surface area (Å²) in [5, 5.41) is 0. The van der Waals surface area contributed by atoms with Gasteiger partial charge in [0.2, 0.25) is 18.2 Å². The van der Waals surface area contributed by atoms with Crippen molar-refractivity contribution in [3.8, 4) is 0 Å². The molecule has 0 radical (unpaired) electrons. The Hall–Kier alpha value is -2.37. The minimum Gasteiger partial charge on any atom is -0.342 e. The lowest BCUT2D eigenvalue weighted by Crippen LogP contribution is -2.49. The van der Waals surface area contributed by atoms with Crippen molar-refractivity contribution in [3.63, 3.8) is 0 Å². The zero-order valence-corrected chi connectivity index (χ0v) is 12.8. The van der Waals surface area contributed by atoms with Crippen molar-refractivity contribution >= 4 is 23.9 Å². The summed E-state index contributed by atoms with van der Waals surface area (Å²) in [6.45, 7) is 4.44. The Morgan fingerprint density at radius 3 is 2.32 bits per heavy atom. The van der Waals surface area contributed by atoms with Gasteiger partial charge in [-0.15, -0.1) is 0 Å². The Bertz CT molecular complexity index is 525. The molecule has 1 heterocycles. The van der Waals surface area contributed by atoms with Crippen LogP contribution >= 0.6 is 0 Å². The summed E-state index contributed by atoms with van der Waals surface area (Å²) in [6.07, 6.45) is 0.658. The zero-order chi connectivity index (χ0) is 15.9. The highest BCUT2D eigenvalue weighted by molar-refractivity contribution is 6.05. The molecule has 0 bridgehead atoms. The van der Waals surface area contributed by atoms with Crippen molar-refractivity contribution in [1.82, 2.24) is 9.80 Å². The number of nitrogens with zero attached hydrogens (tertiary/aromatic N) is 3. The highest BCUT2D eigenvalue weighted by atomic mass is 16.2. The van der Waals surface area contributed by atoms with E-state index < -0.39 is 0 Å². The van der Waals surface area contributed by atoms with Gasteiger partial charge in [0.1, 0.15) is 6.42 Å². The van der Waals surface area contributed by atoms with Gasteiger partial charge in [-0.05, 0) is 19.1 Å². The molecule has 1 aromatic carbocycles. The molecular formula is C16H21N3O3. The highest BCUT2D eigenvalue weighted by Gasteiger charge is 2.24. The topological polar surface area (TPSA) is 60.9 Å². The van der Waals surface area contributed by atoms with Gasteiger partial charge < -0.3 is 14.7 Å². The lowest BCUT2D eigenvalue weighted by molar-refractivity contribution is -0.138. The SMILES string of the molecule is CCN(C(=O)CC(=O)N1CCN(C=O)CC1)c1ccccc1. The van der Waals surface area contributed by atoms with Crippen molar-refractivity contribution in [2.45, 2.75) is 13.3 Å². The molecule has 2 rings (SSSR count). The summed E-state index contributed by atoms with van der Waals surface area (Å²) in [4.78, 5) is 40.1. The maximum atomic E-state index is 12.4. The van der Waals surface area contributed by atoms with Gasteiger partial charge in [-0.2, -0.15) is 0 Å². The van der Waals surface area contributed by atoms with Gasteiger partial charge in [-0.1, -0.05) is 18.2 Å². The predicted octanol–water partition coefficient (Wildman–Crippen LogP) is 0.730. The molecule has 6 nitrogen and oxygen atoms in total. The lowest BCUT2D eigenvalue weighted by atomic mass is 10.2. The lowest BCUT2D eigenvalue weighted by Gasteiger charge is -2.33. The fourth-order valence-corrected chi connectivity index (χ4v) is 2.52. The van der Waals surface area contributed by atoms with Gasteiger partial charge in [0.25, 0.3) is 0 Å². The summed E-state index contributed by atoms with van der Waals surface area (Å²) >= 11 is 0. The first-order chi connectivity index (χ1) is 10.7. The van der Waals surface area contributed by atoms with Crippen molar-refractivity contribution in [2.75, 3.05) is 37.6 Å². The maximum absolute atomic E-state index is 12.4. The monoisotopic (exact) mass is 303 g/mol. The molecule has 118 valence electrons. The molecule has 1 aliphatic rings. The Morgan fingerprint density at radius 1 is 1.14 bits per heavy atom. The van der Waals surface area contributed by atoms with E-state index in [-0.39, 0.29) is 18.2 Å². The third-order valence-corrected chi connectivity index (χ3v) is 3.80. The van der Waals surface area contributed by atoms with Crippen LogP contribution in [0.1, 0.15) is 13.3 Å². The van der Waals surface area contributed by atoms with Crippen LogP contribution in [0.4, 0.5) is 5.69 Å². The Morgan fingerprint density at radius 2 is 1.77 bits per heavy atom. The average molecular weight is 303 g/mol. The number of hydrogen-bond donors (Lipinski definition) is 0. The molecule has 0 aliphatic carbocycles. The molecule has 1 fully saturated rings. The van der Waals surface area contributed by atoms with Crippen LogP contribution < -0.4 is 4.90 Å². The molecule has 0 aromatic heterocycles. The van der Waals surface area contributed by atoms with E-state index in [1.165, 1.54) is 0 Å². The predicted molar refractivity (Wildman–Crippen MR) is 83.3 cm³/mol. The maximum Gasteiger partial charge on any atom is 0.236 e. The van der Waals surface area contributed by atoms with E-state index in [4.69, 9.17) is 0 Å². The van der Waals surface area contributed by atoms with Gasteiger partial charge in [-0.25, -0.2) is 0 Å². The van der Waals surface area contributed by atoms with Crippen LogP contribution in [0.5, 0.6) is 0 Å². The number of carbonyl (C=O) groups excluding carboxylic acids is 3. The highest BCUT2D eigenvalue weighted by Crippen LogP contribution is 2.14. The largest absolute Gasteiger partial charge is 0.342 e. The molecular weight excluding hydrogens is 282 g/mol. The van der Waals surface area contributed by atoms with Gasteiger partial charge in [0.05, 0.1) is 0 Å². The Balaban J connectivity index is 1.93. The molecule has 1 saturated heterocycles. The van der Waals surface area contributed by atoms with Crippen LogP contribution in [-0.2, 0) is 14.4 Å². The van der Waals surface area contributed by atoms with Crippen LogP contribution in [0.2, 0.25) is 0 Å². The minimum absolute atomic E-state index is 0.135. The van der Waals surface area contributed by atoms with Crippen LogP contribution in [0.25, 0.3) is 0 Å². The van der Waals surface area contributed by atoms with E-state index in [2.05, 4.69) is 0 Å². The standard InChI is InChI=1S/C16H21N3O3/c1-2-19(14-6-4-3-5-7-14)16(22)12-15(21)18-10-8-17(13-20)9-11-18/h3-7,13H,2,8-12H2,1H3. The Kier molecular flexibility index (Phi) is 5.52. The fourth-order valence-electron chi connectivity index (χ4n) is 2.52. The van der Waals surface area contributed by atoms with Gasteiger partial charge in [0, 0.05) is 38.4 Å². The smallest absolute Gasteiger partial charge is 0.236 e. The van der Waals surface area contributed by atoms with Crippen molar-refractivity contribution in [3.05, 3.63) is 30.3 Å². The molecule has 6 heteroatoms. The first kappa shape index (κ1) is 16.0. The van der Waals surface area contributed by atoms with Gasteiger partial charge >= 0.3 is 0 Å². The molecule has 0 N–H and O–H groups in total. The van der Waals surface area contributed by atoms with Crippen LogP contribution in [0.15, 0.2) is 30.3 Å². The number of carbonyl (C=O) groups is 3. The summed E-state index contributed by atoms with van der Waals surface area (Å²) in [5.74, 6) is -0.374. The third kappa shape index (κ3) is 3.84. The van der Waals surface area contributed by atoms with E-state index in [1.54, 1.807) is 14.7 Å². The number of rotatable bonds is 5. The number of hydrogen-bond acceptors (Lipinski definition) is 3. The molecule has 1 aliphatic heterocycles. The van der Waals surface area contributed by atoms with Gasteiger partial charge in [0.15, 0.2) is 0 Å². The first-order valence-electron chi connectivity index (χ1n) is 7.48. The molecule has 0 unspecified atom stereocenters. The minimum atomic E-state index is -0.198. The molecule has 0 saturated carbocycles. The van der Waals surface area contributed by atoms with Crippen molar-refractivity contribution in [1.29, 1.82) is 0 Å². The first-order valence-corrected chi connectivity index (χ1v) is 7.48. The van der Waals surface area contributed by atoms with E-state index in [1.807, 2.05) is 37.3 Å². The quantitative estimate of drug-likeness (QED) is 0.595. The average Bonchev–Trinajstić information content (AvgIpc) is 2.56. The normalized spacial score (nSPS) is 14.6. The molecule has 0 atom stereocenters. The van der Waals surface area contributed by atoms with Crippen LogP contribution in [0.3, 0.4) is 0 Å². The number of piperazine rings is 1. The van der Waals surface area contributed by atoms with E-state index >= 15 is 0 Å². The van der Waals surface area contributed by atoms with Crippen LogP contribution in [-0.4, -0.2) is 60.7 Å². The van der Waals surface area contributed by atoms with Crippen molar-refractivity contribution in [2.24, 2.45) is 0 Å². The van der Waals surface area contributed by atoms with Crippen molar-refractivity contribution < 1.29 is 14.4 Å². The second-order valence-electron chi connectivity index (χ2n) is 5.17. The third-order valence-electron chi connectivity index (χ3n) is 3.80. The zero-order valence-electron chi connectivity index (χ0n) is 12.8. The number of amides is 3. The van der Waals surface area contributed by atoms with Crippen LogP contribution in [0, 0.1) is 0 Å².